The number of hydrogen-bond acceptors (Lipinski definition) is 15. The van der Waals surface area contributed by atoms with E-state index < -0.39 is 161 Å². The Morgan fingerprint density at radius 3 is 1.87 bits per heavy atom. The fraction of sp³-hybridized carbons (Fsp3) is 0.623. The number of amides is 6. The predicted molar refractivity (Wildman–Crippen MR) is 284 cm³/mol. The number of carboxylic acids is 4. The summed E-state index contributed by atoms with van der Waals surface area (Å²) in [4.78, 5) is 155. The summed E-state index contributed by atoms with van der Waals surface area (Å²) >= 11 is 0.949. The molecule has 0 bridgehead atoms. The van der Waals surface area contributed by atoms with Gasteiger partial charge < -0.3 is 52.3 Å². The number of thioether (sulfide) groups is 1. The zero-order chi connectivity index (χ0) is 58.7. The zero-order valence-electron chi connectivity index (χ0n) is 45.7. The lowest BCUT2D eigenvalue weighted by atomic mass is 9.76. The molecular weight excluding hydrogens is 1020 g/mol. The van der Waals surface area contributed by atoms with Crippen LogP contribution in [0.5, 0.6) is 0 Å². The molecule has 1 aliphatic rings. The fourth-order valence-corrected chi connectivity index (χ4v) is 9.80. The number of aliphatic carboxylic acids is 4. The number of Topliss-reactive ketones (excluding diaryl/α,β-unsaturated/α-hetero) is 2. The fourth-order valence-electron chi connectivity index (χ4n) is 8.69. The van der Waals surface area contributed by atoms with Crippen molar-refractivity contribution >= 4 is 82.6 Å². The molecule has 77 heavy (non-hydrogen) atoms. The van der Waals surface area contributed by atoms with Gasteiger partial charge in [-0.25, -0.2) is 9.59 Å². The zero-order valence-corrected chi connectivity index (χ0v) is 46.5. The van der Waals surface area contributed by atoms with E-state index in [1.165, 1.54) is 17.9 Å². The number of benzene rings is 1. The summed E-state index contributed by atoms with van der Waals surface area (Å²) in [5, 5.41) is 48.4. The number of rotatable bonds is 34. The van der Waals surface area contributed by atoms with Gasteiger partial charge in [-0.05, 0) is 56.6 Å². The molecule has 1 aromatic rings. The second kappa shape index (κ2) is 30.4. The number of carbonyl (C=O) groups is 12. The monoisotopic (exact) mass is 1100 g/mol. The van der Waals surface area contributed by atoms with Gasteiger partial charge in [-0.2, -0.15) is 0 Å². The quantitative estimate of drug-likeness (QED) is 0.0353. The molecule has 2 rings (SSSR count). The van der Waals surface area contributed by atoms with Crippen LogP contribution in [-0.2, 0) is 62.9 Å². The molecule has 24 heteroatoms. The largest absolute Gasteiger partial charge is 0.481 e. The topological polar surface area (TPSA) is 366 Å². The van der Waals surface area contributed by atoms with E-state index in [0.29, 0.717) is 0 Å². The van der Waals surface area contributed by atoms with Crippen molar-refractivity contribution in [2.24, 2.45) is 23.0 Å². The molecular formula is C53H79N7O16S. The van der Waals surface area contributed by atoms with Gasteiger partial charge in [-0.3, -0.25) is 52.8 Å². The number of likely N-dealkylation sites (N-methyl/N-ethyl adjacent to an activating group) is 2. The molecule has 0 saturated carbocycles. The Kier molecular flexibility index (Phi) is 26.3. The number of likely N-dealkylation sites (tertiary alicyclic amines) is 1. The third kappa shape index (κ3) is 20.7. The van der Waals surface area contributed by atoms with E-state index in [2.05, 4.69) is 21.3 Å². The first-order valence-corrected chi connectivity index (χ1v) is 26.5. The van der Waals surface area contributed by atoms with E-state index in [1.807, 2.05) is 78.8 Å². The summed E-state index contributed by atoms with van der Waals surface area (Å²) in [5.41, 5.74) is 5.00. The Morgan fingerprint density at radius 2 is 1.35 bits per heavy atom. The van der Waals surface area contributed by atoms with Crippen molar-refractivity contribution in [1.82, 2.24) is 31.1 Å². The molecule has 10 N–H and O–H groups in total. The van der Waals surface area contributed by atoms with Gasteiger partial charge in [0.05, 0.1) is 23.3 Å². The van der Waals surface area contributed by atoms with Crippen molar-refractivity contribution in [3.05, 3.63) is 47.5 Å². The van der Waals surface area contributed by atoms with Crippen molar-refractivity contribution in [3.63, 3.8) is 0 Å². The summed E-state index contributed by atoms with van der Waals surface area (Å²) in [6.07, 6.45) is -1.74. The molecule has 0 radical (unpaired) electrons. The van der Waals surface area contributed by atoms with Crippen LogP contribution in [-0.4, -0.2) is 169 Å². The van der Waals surface area contributed by atoms with E-state index >= 15 is 0 Å². The van der Waals surface area contributed by atoms with Crippen LogP contribution >= 0.6 is 11.8 Å². The minimum atomic E-state index is -1.59. The van der Waals surface area contributed by atoms with Crippen molar-refractivity contribution in [1.29, 1.82) is 0 Å². The van der Waals surface area contributed by atoms with E-state index in [4.69, 9.17) is 10.8 Å². The highest BCUT2D eigenvalue weighted by Crippen LogP contribution is 2.30. The standard InChI is InChI=1S/C53H79N7O16S/c1-29(2)38(59(10)47(68)43(52(4,5)6)58-45(66)42(55-9)53(7,8)32-15-12-11-13-16-32)25-30(3)44(65)57-37(51(75)76)22-20-34(62)26-31(48(69)70)18-23-40(63)56-36(50(73)74)21-19-33(61)17-14-24-60-41(64)27-39(46(60)67)77-28-35(54)49(71)72/h11-13,15-16,25,29,31,35-39,42-43,55H,14,17-24,26-28,54H2,1-10H3,(H,56,63)(H,57,65)(H,58,66)(H,69,70)(H,71,72)(H,73,74)(H,75,76)/b30-25+/t31-,35-,36+,37+,38+,39?,42+,43+/m0/s1. The molecule has 0 aliphatic carbocycles. The van der Waals surface area contributed by atoms with Gasteiger partial charge >= 0.3 is 23.9 Å². The minimum absolute atomic E-state index is 0.0533. The average Bonchev–Trinajstić information content (AvgIpc) is 3.61. The Labute approximate surface area is 453 Å². The molecule has 0 spiro atoms. The Balaban J connectivity index is 1.99. The normalized spacial score (nSPS) is 16.8. The van der Waals surface area contributed by atoms with E-state index in [0.717, 1.165) is 22.2 Å². The van der Waals surface area contributed by atoms with Crippen LogP contribution in [0.2, 0.25) is 0 Å². The van der Waals surface area contributed by atoms with Crippen LogP contribution in [0.15, 0.2) is 42.0 Å². The second-order valence-electron chi connectivity index (χ2n) is 21.4. The van der Waals surface area contributed by atoms with Gasteiger partial charge in [0.2, 0.25) is 35.4 Å². The number of carbonyl (C=O) groups excluding carboxylic acids is 8. The third-order valence-electron chi connectivity index (χ3n) is 13.5. The molecule has 23 nitrogen and oxygen atoms in total. The number of carboxylic acid groups (broad SMARTS) is 4. The van der Waals surface area contributed by atoms with Gasteiger partial charge in [0.1, 0.15) is 35.7 Å². The summed E-state index contributed by atoms with van der Waals surface area (Å²) in [6, 6.07) is 2.70. The van der Waals surface area contributed by atoms with Crippen molar-refractivity contribution in [2.75, 3.05) is 26.4 Å². The van der Waals surface area contributed by atoms with E-state index in [1.54, 1.807) is 14.1 Å². The summed E-state index contributed by atoms with van der Waals surface area (Å²) in [6.45, 7) is 14.3. The number of ketones is 2. The Bertz CT molecular complexity index is 2350. The number of nitrogens with zero attached hydrogens (tertiary/aromatic N) is 2. The molecule has 428 valence electrons. The number of nitrogens with one attached hydrogen (secondary N) is 4. The summed E-state index contributed by atoms with van der Waals surface area (Å²) in [5.74, 6) is -12.1. The van der Waals surface area contributed by atoms with Crippen LogP contribution in [0.1, 0.15) is 125 Å². The smallest absolute Gasteiger partial charge is 0.326 e. The predicted octanol–water partition coefficient (Wildman–Crippen LogP) is 2.27. The lowest BCUT2D eigenvalue weighted by molar-refractivity contribution is -0.145. The van der Waals surface area contributed by atoms with Crippen molar-refractivity contribution in [3.8, 4) is 0 Å². The maximum Gasteiger partial charge on any atom is 0.326 e. The van der Waals surface area contributed by atoms with Gasteiger partial charge in [0.15, 0.2) is 0 Å². The maximum atomic E-state index is 14.3. The lowest BCUT2D eigenvalue weighted by Crippen LogP contribution is -2.61. The van der Waals surface area contributed by atoms with Crippen LogP contribution in [0.25, 0.3) is 0 Å². The van der Waals surface area contributed by atoms with Crippen LogP contribution in [0, 0.1) is 17.3 Å². The highest BCUT2D eigenvalue weighted by atomic mass is 32.2. The highest BCUT2D eigenvalue weighted by molar-refractivity contribution is 8.00. The molecule has 1 unspecified atom stereocenters. The Morgan fingerprint density at radius 1 is 0.779 bits per heavy atom. The summed E-state index contributed by atoms with van der Waals surface area (Å²) in [7, 11) is 3.22. The van der Waals surface area contributed by atoms with E-state index in [-0.39, 0.29) is 55.9 Å². The number of nitrogens with two attached hydrogens (primary N) is 1. The lowest BCUT2D eigenvalue weighted by Gasteiger charge is -2.40. The molecule has 1 heterocycles. The van der Waals surface area contributed by atoms with Crippen molar-refractivity contribution in [2.45, 2.75) is 167 Å². The van der Waals surface area contributed by atoms with Crippen molar-refractivity contribution < 1.29 is 78.0 Å². The Hall–Kier alpha value is -6.53. The molecule has 6 amide bonds. The maximum absolute atomic E-state index is 14.3. The third-order valence-corrected chi connectivity index (χ3v) is 14.8. The second-order valence-corrected chi connectivity index (χ2v) is 22.6. The number of imide groups is 1. The first kappa shape index (κ1) is 66.6. The molecule has 1 aromatic carbocycles. The number of hydrogen-bond donors (Lipinski definition) is 9. The first-order valence-electron chi connectivity index (χ1n) is 25.5. The van der Waals surface area contributed by atoms with Gasteiger partial charge in [0.25, 0.3) is 0 Å². The van der Waals surface area contributed by atoms with E-state index in [9.17, 15) is 72.9 Å². The van der Waals surface area contributed by atoms with Crippen LogP contribution < -0.4 is 27.0 Å². The van der Waals surface area contributed by atoms with Crippen LogP contribution in [0.4, 0.5) is 0 Å². The molecule has 8 atom stereocenters. The van der Waals surface area contributed by atoms with Crippen LogP contribution in [0.3, 0.4) is 0 Å². The molecule has 1 aliphatic heterocycles. The SMILES string of the molecule is CN[C@H](C(=O)N[C@H](C(=O)N(C)[C@H](/C=C(\C)C(=O)N[C@H](CCC(=O)C[C@H](CCC(=O)N[C@H](CCC(=O)CCCN1C(=O)CC(SC[C@H](N)C(=O)O)C1=O)C(=O)O)C(=O)O)C(=O)O)C(C)C)C(C)(C)C)C(C)(C)c1ccccc1. The average molecular weight is 1100 g/mol. The molecule has 1 fully saturated rings. The molecule has 1 saturated heterocycles. The molecule has 0 aromatic heterocycles. The van der Waals surface area contributed by atoms with Gasteiger partial charge in [0, 0.05) is 68.9 Å². The highest BCUT2D eigenvalue weighted by Gasteiger charge is 2.42. The van der Waals surface area contributed by atoms with Gasteiger partial charge in [-0.15, -0.1) is 11.8 Å². The first-order chi connectivity index (χ1) is 35.7. The van der Waals surface area contributed by atoms with Gasteiger partial charge in [-0.1, -0.05) is 84.9 Å². The summed E-state index contributed by atoms with van der Waals surface area (Å²) < 4.78 is 0. The minimum Gasteiger partial charge on any atom is -0.481 e.